The van der Waals surface area contributed by atoms with Gasteiger partial charge < -0.3 is 4.74 Å². The van der Waals surface area contributed by atoms with Gasteiger partial charge in [0.15, 0.2) is 0 Å². The quantitative estimate of drug-likeness (QED) is 0.821. The fourth-order valence-corrected chi connectivity index (χ4v) is 1.62. The Morgan fingerprint density at radius 2 is 2.11 bits per heavy atom. The summed E-state index contributed by atoms with van der Waals surface area (Å²) in [6.45, 7) is 0.149. The van der Waals surface area contributed by atoms with E-state index in [1.807, 2.05) is 0 Å². The van der Waals surface area contributed by atoms with E-state index in [0.29, 0.717) is 5.69 Å². The van der Waals surface area contributed by atoms with Crippen LogP contribution in [0.1, 0.15) is 17.4 Å². The molecule has 0 saturated heterocycles. The molecule has 0 aliphatic rings. The molecule has 1 aromatic heterocycles. The van der Waals surface area contributed by atoms with Gasteiger partial charge in [-0.05, 0) is 12.1 Å². The van der Waals surface area contributed by atoms with Crippen LogP contribution in [0.4, 0.5) is 8.78 Å². The van der Waals surface area contributed by atoms with Crippen LogP contribution < -0.4 is 0 Å². The largest absolute Gasteiger partial charge is 0.459 e. The number of carbonyl (C=O) groups excluding carboxylic acids is 1. The summed E-state index contributed by atoms with van der Waals surface area (Å²) >= 11 is 0. The van der Waals surface area contributed by atoms with Crippen molar-refractivity contribution >= 4 is 6.47 Å². The van der Waals surface area contributed by atoms with Crippen LogP contribution in [0.2, 0.25) is 0 Å². The first-order valence-corrected chi connectivity index (χ1v) is 5.10. The zero-order valence-electron chi connectivity index (χ0n) is 9.14. The molecule has 5 nitrogen and oxygen atoms in total. The van der Waals surface area contributed by atoms with E-state index in [-0.39, 0.29) is 18.5 Å². The molecule has 0 aliphatic carbocycles. The monoisotopic (exact) mass is 253 g/mol. The highest BCUT2D eigenvalue weighted by atomic mass is 19.1. The van der Waals surface area contributed by atoms with Crippen molar-refractivity contribution < 1.29 is 18.3 Å². The molecular formula is C11H9F2N3O2. The Balaban J connectivity index is 2.32. The van der Waals surface area contributed by atoms with Gasteiger partial charge in [0.25, 0.3) is 6.47 Å². The Bertz CT molecular complexity index is 511. The number of H-pyrrole nitrogens is 1. The third kappa shape index (κ3) is 2.50. The summed E-state index contributed by atoms with van der Waals surface area (Å²) in [7, 11) is 0. The van der Waals surface area contributed by atoms with Gasteiger partial charge in [-0.25, -0.2) is 8.78 Å². The van der Waals surface area contributed by atoms with E-state index in [1.165, 1.54) is 12.3 Å². The van der Waals surface area contributed by atoms with E-state index in [2.05, 4.69) is 15.4 Å². The van der Waals surface area contributed by atoms with Gasteiger partial charge in [0, 0.05) is 6.42 Å². The number of hydrogen-bond donors (Lipinski definition) is 1. The van der Waals surface area contributed by atoms with Gasteiger partial charge in [0.1, 0.15) is 17.7 Å². The zero-order chi connectivity index (χ0) is 13.0. The first-order valence-electron chi connectivity index (χ1n) is 5.10. The molecule has 18 heavy (non-hydrogen) atoms. The molecule has 0 spiro atoms. The number of halogens is 2. The van der Waals surface area contributed by atoms with E-state index in [9.17, 15) is 13.6 Å². The topological polar surface area (TPSA) is 67.9 Å². The summed E-state index contributed by atoms with van der Waals surface area (Å²) in [5.41, 5.74) is 0.136. The third-order valence-electron chi connectivity index (χ3n) is 2.40. The number of ether oxygens (including phenoxy) is 1. The van der Waals surface area contributed by atoms with E-state index in [4.69, 9.17) is 4.74 Å². The Morgan fingerprint density at radius 1 is 1.39 bits per heavy atom. The van der Waals surface area contributed by atoms with Gasteiger partial charge in [-0.1, -0.05) is 6.07 Å². The summed E-state index contributed by atoms with van der Waals surface area (Å²) in [6, 6.07) is 3.44. The number of rotatable bonds is 5. The molecule has 2 aromatic rings. The minimum atomic E-state index is -1.08. The SMILES string of the molecule is O=COC(Cc1cn[nH]n1)c1c(F)cccc1F. The maximum Gasteiger partial charge on any atom is 0.293 e. The zero-order valence-corrected chi connectivity index (χ0v) is 9.14. The summed E-state index contributed by atoms with van der Waals surface area (Å²) in [5.74, 6) is -1.55. The molecule has 0 fully saturated rings. The predicted octanol–water partition coefficient (Wildman–Crippen LogP) is 1.54. The van der Waals surface area contributed by atoms with Gasteiger partial charge in [0.2, 0.25) is 0 Å². The van der Waals surface area contributed by atoms with Crippen molar-refractivity contribution in [1.29, 1.82) is 0 Å². The molecule has 0 aliphatic heterocycles. The summed E-state index contributed by atoms with van der Waals surface area (Å²) < 4.78 is 31.9. The van der Waals surface area contributed by atoms with Gasteiger partial charge in [0.05, 0.1) is 17.5 Å². The molecule has 94 valence electrons. The summed E-state index contributed by atoms with van der Waals surface area (Å²) in [5, 5.41) is 9.68. The van der Waals surface area contributed by atoms with Crippen LogP contribution in [0.25, 0.3) is 0 Å². The Kier molecular flexibility index (Phi) is 3.61. The second-order valence-electron chi connectivity index (χ2n) is 3.52. The highest BCUT2D eigenvalue weighted by Gasteiger charge is 2.22. The molecule has 2 rings (SSSR count). The normalized spacial score (nSPS) is 12.1. The molecule has 1 atom stereocenters. The maximum atomic E-state index is 13.6. The standard InChI is InChI=1S/C11H9F2N3O2/c12-8-2-1-3-9(13)11(8)10(18-6-17)4-7-5-14-16-15-7/h1-3,5-6,10H,4H2,(H,14,15,16). The fraction of sp³-hybridized carbons (Fsp3) is 0.182. The molecule has 1 heterocycles. The minimum absolute atomic E-state index is 0.0348. The van der Waals surface area contributed by atoms with E-state index in [0.717, 1.165) is 12.1 Å². The van der Waals surface area contributed by atoms with Gasteiger partial charge >= 0.3 is 0 Å². The molecule has 0 saturated carbocycles. The molecule has 7 heteroatoms. The number of nitrogens with one attached hydrogen (secondary N) is 1. The molecule has 1 aromatic carbocycles. The van der Waals surface area contributed by atoms with Crippen LogP contribution in [0.5, 0.6) is 0 Å². The van der Waals surface area contributed by atoms with Gasteiger partial charge in [-0.3, -0.25) is 4.79 Å². The Hall–Kier alpha value is -2.31. The maximum absolute atomic E-state index is 13.6. The average molecular weight is 253 g/mol. The van der Waals surface area contributed by atoms with Crippen molar-refractivity contribution in [1.82, 2.24) is 15.4 Å². The second-order valence-corrected chi connectivity index (χ2v) is 3.52. The van der Waals surface area contributed by atoms with Crippen LogP contribution in [-0.2, 0) is 16.0 Å². The predicted molar refractivity (Wildman–Crippen MR) is 56.3 cm³/mol. The van der Waals surface area contributed by atoms with Crippen molar-refractivity contribution in [2.45, 2.75) is 12.5 Å². The molecule has 1 unspecified atom stereocenters. The van der Waals surface area contributed by atoms with Crippen LogP contribution >= 0.6 is 0 Å². The average Bonchev–Trinajstić information content (AvgIpc) is 2.82. The first-order chi connectivity index (χ1) is 8.72. The van der Waals surface area contributed by atoms with Gasteiger partial charge in [-0.2, -0.15) is 15.4 Å². The number of nitrogens with zero attached hydrogens (tertiary/aromatic N) is 2. The number of hydrogen-bond acceptors (Lipinski definition) is 4. The molecular weight excluding hydrogens is 244 g/mol. The van der Waals surface area contributed by atoms with E-state index >= 15 is 0 Å². The van der Waals surface area contributed by atoms with Crippen molar-refractivity contribution in [3.05, 3.63) is 47.3 Å². The molecule has 0 bridgehead atoms. The lowest BCUT2D eigenvalue weighted by Crippen LogP contribution is -2.11. The number of aromatic amines is 1. The smallest absolute Gasteiger partial charge is 0.293 e. The van der Waals surface area contributed by atoms with Crippen molar-refractivity contribution in [2.75, 3.05) is 0 Å². The highest BCUT2D eigenvalue weighted by Crippen LogP contribution is 2.26. The van der Waals surface area contributed by atoms with E-state index < -0.39 is 17.7 Å². The highest BCUT2D eigenvalue weighted by molar-refractivity contribution is 5.39. The van der Waals surface area contributed by atoms with Crippen LogP contribution in [0, 0.1) is 11.6 Å². The summed E-state index contributed by atoms with van der Waals surface area (Å²) in [6.07, 6.45) is 0.348. The van der Waals surface area contributed by atoms with Crippen molar-refractivity contribution in [3.8, 4) is 0 Å². The number of aromatic nitrogens is 3. The molecule has 1 N–H and O–H groups in total. The number of carbonyl (C=O) groups is 1. The van der Waals surface area contributed by atoms with E-state index in [1.54, 1.807) is 0 Å². The fourth-order valence-electron chi connectivity index (χ4n) is 1.62. The first kappa shape index (κ1) is 12.2. The molecule has 0 radical (unpaired) electrons. The lowest BCUT2D eigenvalue weighted by atomic mass is 10.0. The lowest BCUT2D eigenvalue weighted by molar-refractivity contribution is -0.134. The summed E-state index contributed by atoms with van der Waals surface area (Å²) in [4.78, 5) is 10.4. The number of benzene rings is 1. The van der Waals surface area contributed by atoms with Crippen molar-refractivity contribution in [2.24, 2.45) is 0 Å². The minimum Gasteiger partial charge on any atom is -0.459 e. The van der Waals surface area contributed by atoms with Gasteiger partial charge in [-0.15, -0.1) is 0 Å². The Morgan fingerprint density at radius 3 is 2.67 bits per heavy atom. The van der Waals surface area contributed by atoms with Crippen LogP contribution in [0.3, 0.4) is 0 Å². The van der Waals surface area contributed by atoms with Crippen LogP contribution in [0.15, 0.2) is 24.4 Å². The Labute approximate surface area is 101 Å². The van der Waals surface area contributed by atoms with Crippen molar-refractivity contribution in [3.63, 3.8) is 0 Å². The lowest BCUT2D eigenvalue weighted by Gasteiger charge is -2.15. The second kappa shape index (κ2) is 5.35. The molecule has 0 amide bonds. The van der Waals surface area contributed by atoms with Crippen LogP contribution in [-0.4, -0.2) is 21.9 Å². The third-order valence-corrected chi connectivity index (χ3v) is 2.40.